The molecular formula is C16H26N4O. The maximum atomic E-state index is 4.88. The summed E-state index contributed by atoms with van der Waals surface area (Å²) in [5.74, 6) is 2.76. The molecule has 5 heteroatoms. The standard InChI is InChI=1S/C16H26N4O/c1-17-16(20(2)11-13-8-9-21-19-13)18-15-10-14(15)12-6-4-3-5-7-12/h8-9,12,14-15H,3-7,10-11H2,1-2H3,(H,17,18). The second-order valence-corrected chi connectivity index (χ2v) is 6.44. The first-order valence-corrected chi connectivity index (χ1v) is 8.11. The number of aliphatic imine (C=N–C) groups is 1. The summed E-state index contributed by atoms with van der Waals surface area (Å²) in [6.07, 6.45) is 10.1. The highest BCUT2D eigenvalue weighted by Gasteiger charge is 2.43. The van der Waals surface area contributed by atoms with E-state index in [-0.39, 0.29) is 0 Å². The van der Waals surface area contributed by atoms with Crippen LogP contribution in [-0.4, -0.2) is 36.2 Å². The Morgan fingerprint density at radius 2 is 2.24 bits per heavy atom. The van der Waals surface area contributed by atoms with Gasteiger partial charge in [0.1, 0.15) is 12.0 Å². The van der Waals surface area contributed by atoms with Crippen LogP contribution in [0.25, 0.3) is 0 Å². The molecule has 2 unspecified atom stereocenters. The third kappa shape index (κ3) is 3.57. The minimum atomic E-state index is 0.617. The molecule has 2 atom stereocenters. The summed E-state index contributed by atoms with van der Waals surface area (Å²) in [6.45, 7) is 0.719. The molecule has 5 nitrogen and oxygen atoms in total. The fourth-order valence-electron chi connectivity index (χ4n) is 3.61. The van der Waals surface area contributed by atoms with Crippen molar-refractivity contribution in [3.8, 4) is 0 Å². The minimum Gasteiger partial charge on any atom is -0.364 e. The van der Waals surface area contributed by atoms with Gasteiger partial charge in [-0.3, -0.25) is 4.99 Å². The predicted molar refractivity (Wildman–Crippen MR) is 82.9 cm³/mol. The molecule has 0 amide bonds. The summed E-state index contributed by atoms with van der Waals surface area (Å²) in [5, 5.41) is 7.57. The van der Waals surface area contributed by atoms with Gasteiger partial charge in [-0.25, -0.2) is 0 Å². The molecule has 0 aliphatic heterocycles. The highest BCUT2D eigenvalue weighted by molar-refractivity contribution is 5.80. The molecule has 0 spiro atoms. The lowest BCUT2D eigenvalue weighted by Gasteiger charge is -2.24. The van der Waals surface area contributed by atoms with Crippen molar-refractivity contribution in [1.29, 1.82) is 0 Å². The van der Waals surface area contributed by atoms with E-state index in [4.69, 9.17) is 4.52 Å². The molecule has 116 valence electrons. The van der Waals surface area contributed by atoms with Crippen LogP contribution in [0.4, 0.5) is 0 Å². The van der Waals surface area contributed by atoms with E-state index in [1.807, 2.05) is 20.2 Å². The van der Waals surface area contributed by atoms with Crippen molar-refractivity contribution >= 4 is 5.96 Å². The molecular weight excluding hydrogens is 264 g/mol. The number of aromatic nitrogens is 1. The van der Waals surface area contributed by atoms with Crippen molar-refractivity contribution in [2.75, 3.05) is 14.1 Å². The zero-order chi connectivity index (χ0) is 14.7. The smallest absolute Gasteiger partial charge is 0.193 e. The van der Waals surface area contributed by atoms with Gasteiger partial charge in [0.2, 0.25) is 0 Å². The number of nitrogens with one attached hydrogen (secondary N) is 1. The molecule has 0 bridgehead atoms. The third-order valence-corrected chi connectivity index (χ3v) is 4.87. The van der Waals surface area contributed by atoms with E-state index in [0.717, 1.165) is 30.0 Å². The highest BCUT2D eigenvalue weighted by Crippen LogP contribution is 2.44. The summed E-state index contributed by atoms with van der Waals surface area (Å²) in [7, 11) is 3.89. The minimum absolute atomic E-state index is 0.617. The molecule has 2 saturated carbocycles. The predicted octanol–water partition coefficient (Wildman–Crippen LogP) is 2.65. The second kappa shape index (κ2) is 6.50. The van der Waals surface area contributed by atoms with Gasteiger partial charge in [-0.05, 0) is 18.3 Å². The Morgan fingerprint density at radius 1 is 1.43 bits per heavy atom. The van der Waals surface area contributed by atoms with Gasteiger partial charge >= 0.3 is 0 Å². The van der Waals surface area contributed by atoms with E-state index in [9.17, 15) is 0 Å². The average molecular weight is 290 g/mol. The van der Waals surface area contributed by atoms with Crippen molar-refractivity contribution in [3.05, 3.63) is 18.0 Å². The molecule has 1 aromatic rings. The molecule has 3 rings (SSSR count). The summed E-state index contributed by atoms with van der Waals surface area (Å²) in [5.41, 5.74) is 0.931. The highest BCUT2D eigenvalue weighted by atomic mass is 16.5. The maximum absolute atomic E-state index is 4.88. The van der Waals surface area contributed by atoms with E-state index in [1.165, 1.54) is 38.5 Å². The van der Waals surface area contributed by atoms with Gasteiger partial charge in [-0.1, -0.05) is 37.3 Å². The van der Waals surface area contributed by atoms with Crippen LogP contribution in [0.5, 0.6) is 0 Å². The first-order valence-electron chi connectivity index (χ1n) is 8.11. The van der Waals surface area contributed by atoms with E-state index >= 15 is 0 Å². The fraction of sp³-hybridized carbons (Fsp3) is 0.750. The molecule has 0 radical (unpaired) electrons. The lowest BCUT2D eigenvalue weighted by atomic mass is 9.85. The van der Waals surface area contributed by atoms with Crippen LogP contribution in [0.1, 0.15) is 44.2 Å². The van der Waals surface area contributed by atoms with Gasteiger partial charge in [-0.15, -0.1) is 0 Å². The summed E-state index contributed by atoms with van der Waals surface area (Å²) < 4.78 is 4.88. The van der Waals surface area contributed by atoms with Crippen LogP contribution < -0.4 is 5.32 Å². The number of rotatable bonds is 4. The molecule has 2 fully saturated rings. The first kappa shape index (κ1) is 14.4. The molecule has 2 aliphatic carbocycles. The zero-order valence-electron chi connectivity index (χ0n) is 13.1. The quantitative estimate of drug-likeness (QED) is 0.684. The van der Waals surface area contributed by atoms with Gasteiger partial charge in [-0.2, -0.15) is 0 Å². The number of guanidine groups is 1. The summed E-state index contributed by atoms with van der Waals surface area (Å²) in [4.78, 5) is 6.51. The second-order valence-electron chi connectivity index (χ2n) is 6.44. The lowest BCUT2D eigenvalue weighted by Crippen LogP contribution is -2.40. The molecule has 1 N–H and O–H groups in total. The third-order valence-electron chi connectivity index (χ3n) is 4.87. The van der Waals surface area contributed by atoms with Crippen LogP contribution >= 0.6 is 0 Å². The topological polar surface area (TPSA) is 53.7 Å². The number of nitrogens with zero attached hydrogens (tertiary/aromatic N) is 3. The van der Waals surface area contributed by atoms with Crippen LogP contribution in [0, 0.1) is 11.8 Å². The summed E-state index contributed by atoms with van der Waals surface area (Å²) >= 11 is 0. The van der Waals surface area contributed by atoms with Crippen LogP contribution in [0.15, 0.2) is 21.8 Å². The molecule has 21 heavy (non-hydrogen) atoms. The van der Waals surface area contributed by atoms with Gasteiger partial charge in [0.15, 0.2) is 5.96 Å². The van der Waals surface area contributed by atoms with Gasteiger partial charge in [0.25, 0.3) is 0 Å². The van der Waals surface area contributed by atoms with E-state index in [1.54, 1.807) is 6.26 Å². The Bertz CT molecular complexity index is 465. The SMILES string of the molecule is CN=C(NC1CC1C1CCCCC1)N(C)Cc1ccon1. The average Bonchev–Trinajstić information content (AvgIpc) is 3.11. The van der Waals surface area contributed by atoms with Crippen molar-refractivity contribution in [1.82, 2.24) is 15.4 Å². The van der Waals surface area contributed by atoms with Crippen molar-refractivity contribution in [2.24, 2.45) is 16.8 Å². The van der Waals surface area contributed by atoms with Crippen LogP contribution in [0.3, 0.4) is 0 Å². The Balaban J connectivity index is 1.49. The van der Waals surface area contributed by atoms with Crippen molar-refractivity contribution < 1.29 is 4.52 Å². The molecule has 1 heterocycles. The molecule has 0 saturated heterocycles. The number of hydrogen-bond acceptors (Lipinski definition) is 3. The van der Waals surface area contributed by atoms with Crippen LogP contribution in [-0.2, 0) is 6.54 Å². The lowest BCUT2D eigenvalue weighted by molar-refractivity contribution is 0.314. The van der Waals surface area contributed by atoms with Gasteiger partial charge in [0, 0.05) is 26.2 Å². The van der Waals surface area contributed by atoms with Crippen molar-refractivity contribution in [2.45, 2.75) is 51.1 Å². The van der Waals surface area contributed by atoms with Crippen LogP contribution in [0.2, 0.25) is 0 Å². The Hall–Kier alpha value is -1.52. The van der Waals surface area contributed by atoms with E-state index in [2.05, 4.69) is 20.4 Å². The van der Waals surface area contributed by atoms with E-state index < -0.39 is 0 Å². The van der Waals surface area contributed by atoms with Crippen molar-refractivity contribution in [3.63, 3.8) is 0 Å². The largest absolute Gasteiger partial charge is 0.364 e. The molecule has 1 aromatic heterocycles. The Kier molecular flexibility index (Phi) is 4.46. The Labute approximate surface area is 126 Å². The summed E-state index contributed by atoms with van der Waals surface area (Å²) in [6, 6.07) is 2.51. The monoisotopic (exact) mass is 290 g/mol. The maximum Gasteiger partial charge on any atom is 0.193 e. The normalized spacial score (nSPS) is 26.7. The van der Waals surface area contributed by atoms with Gasteiger partial charge < -0.3 is 14.7 Å². The van der Waals surface area contributed by atoms with Gasteiger partial charge in [0.05, 0.1) is 6.54 Å². The number of hydrogen-bond donors (Lipinski definition) is 1. The first-order chi connectivity index (χ1) is 10.3. The zero-order valence-corrected chi connectivity index (χ0v) is 13.1. The van der Waals surface area contributed by atoms with E-state index in [0.29, 0.717) is 6.04 Å². The molecule has 2 aliphatic rings. The Morgan fingerprint density at radius 3 is 2.90 bits per heavy atom. The fourth-order valence-corrected chi connectivity index (χ4v) is 3.61. The molecule has 0 aromatic carbocycles.